The van der Waals surface area contributed by atoms with Crippen LogP contribution >= 0.6 is 23.1 Å². The van der Waals surface area contributed by atoms with Crippen molar-refractivity contribution in [3.63, 3.8) is 0 Å². The van der Waals surface area contributed by atoms with Crippen molar-refractivity contribution in [1.29, 1.82) is 0 Å². The van der Waals surface area contributed by atoms with E-state index in [-0.39, 0.29) is 6.04 Å². The molecule has 0 amide bonds. The van der Waals surface area contributed by atoms with Gasteiger partial charge in [-0.15, -0.1) is 11.3 Å². The van der Waals surface area contributed by atoms with Crippen molar-refractivity contribution in [3.05, 3.63) is 16.2 Å². The fourth-order valence-corrected chi connectivity index (χ4v) is 3.04. The van der Waals surface area contributed by atoms with E-state index in [1.165, 1.54) is 11.3 Å². The number of thioether (sulfide) groups is 1. The number of nitrogens with two attached hydrogens (primary N) is 1. The summed E-state index contributed by atoms with van der Waals surface area (Å²) in [5.74, 6) is 3.73. The highest BCUT2D eigenvalue weighted by atomic mass is 32.2. The van der Waals surface area contributed by atoms with Crippen LogP contribution < -0.4 is 5.73 Å². The van der Waals surface area contributed by atoms with E-state index in [0.29, 0.717) is 17.5 Å². The second-order valence-corrected chi connectivity index (χ2v) is 6.70. The van der Waals surface area contributed by atoms with Gasteiger partial charge in [0.15, 0.2) is 5.82 Å². The Bertz CT molecular complexity index is 521. The zero-order chi connectivity index (χ0) is 13.8. The Labute approximate surface area is 121 Å². The van der Waals surface area contributed by atoms with Crippen LogP contribution in [0.3, 0.4) is 0 Å². The summed E-state index contributed by atoms with van der Waals surface area (Å²) in [7, 11) is 0. The molecule has 2 heterocycles. The summed E-state index contributed by atoms with van der Waals surface area (Å²) in [6.07, 6.45) is 0. The van der Waals surface area contributed by atoms with E-state index in [0.717, 1.165) is 22.3 Å². The normalized spacial score (nSPS) is 13.1. The van der Waals surface area contributed by atoms with E-state index in [1.807, 2.05) is 24.1 Å². The number of thiazole rings is 1. The Hall–Kier alpha value is -0.920. The Balaban J connectivity index is 1.99. The molecule has 19 heavy (non-hydrogen) atoms. The first kappa shape index (κ1) is 14.5. The molecule has 0 aliphatic rings. The summed E-state index contributed by atoms with van der Waals surface area (Å²) in [6, 6.07) is -0.0669. The molecule has 0 saturated carbocycles. The monoisotopic (exact) mass is 298 g/mol. The third-order valence-electron chi connectivity index (χ3n) is 2.28. The fraction of sp³-hybridized carbons (Fsp3) is 0.583. The Morgan fingerprint density at radius 2 is 2.16 bits per heavy atom. The molecule has 2 rings (SSSR count). The first-order chi connectivity index (χ1) is 9.06. The fourth-order valence-electron chi connectivity index (χ4n) is 1.40. The van der Waals surface area contributed by atoms with Gasteiger partial charge < -0.3 is 10.3 Å². The van der Waals surface area contributed by atoms with Gasteiger partial charge in [-0.25, -0.2) is 4.98 Å². The maximum absolute atomic E-state index is 5.78. The van der Waals surface area contributed by atoms with E-state index in [1.54, 1.807) is 0 Å². The molecule has 0 saturated heterocycles. The van der Waals surface area contributed by atoms with E-state index >= 15 is 0 Å². The lowest BCUT2D eigenvalue weighted by molar-refractivity contribution is 0.424. The van der Waals surface area contributed by atoms with Crippen LogP contribution in [-0.4, -0.2) is 20.9 Å². The molecule has 104 valence electrons. The maximum atomic E-state index is 5.78. The third-order valence-corrected chi connectivity index (χ3v) is 4.69. The lowest BCUT2D eigenvalue weighted by Crippen LogP contribution is -2.03. The second kappa shape index (κ2) is 6.49. The van der Waals surface area contributed by atoms with E-state index < -0.39 is 0 Å². The zero-order valence-electron chi connectivity index (χ0n) is 11.3. The molecule has 0 aliphatic carbocycles. The molecule has 2 aromatic rings. The van der Waals surface area contributed by atoms with Crippen LogP contribution in [-0.2, 0) is 5.75 Å². The van der Waals surface area contributed by atoms with Gasteiger partial charge in [-0.2, -0.15) is 16.7 Å². The molecule has 0 spiro atoms. The van der Waals surface area contributed by atoms with E-state index in [2.05, 4.69) is 29.0 Å². The van der Waals surface area contributed by atoms with Gasteiger partial charge in [0.1, 0.15) is 10.7 Å². The standard InChI is InChI=1S/C12H18N4OS2/c1-7(2)4-18-6-10-15-11(17-16-10)9-5-19-12(14-9)8(3)13/h5,7-8H,4,6,13H2,1-3H3. The van der Waals surface area contributed by atoms with Crippen LogP contribution in [0.15, 0.2) is 9.90 Å². The summed E-state index contributed by atoms with van der Waals surface area (Å²) < 4.78 is 5.23. The number of rotatable bonds is 6. The first-order valence-corrected chi connectivity index (χ1v) is 8.21. The maximum Gasteiger partial charge on any atom is 0.277 e. The molecule has 0 bridgehead atoms. The molecule has 7 heteroatoms. The van der Waals surface area contributed by atoms with Crippen molar-refractivity contribution in [3.8, 4) is 11.6 Å². The predicted octanol–water partition coefficient (Wildman–Crippen LogP) is 3.10. The average molecular weight is 298 g/mol. The van der Waals surface area contributed by atoms with E-state index in [4.69, 9.17) is 10.3 Å². The van der Waals surface area contributed by atoms with Crippen molar-refractivity contribution in [1.82, 2.24) is 15.1 Å². The number of nitrogens with zero attached hydrogens (tertiary/aromatic N) is 3. The van der Waals surface area contributed by atoms with Gasteiger partial charge >= 0.3 is 0 Å². The molecule has 0 fully saturated rings. The third kappa shape index (κ3) is 4.02. The molecule has 5 nitrogen and oxygen atoms in total. The Morgan fingerprint density at radius 1 is 1.37 bits per heavy atom. The van der Waals surface area contributed by atoms with Crippen molar-refractivity contribution in [2.24, 2.45) is 11.7 Å². The van der Waals surface area contributed by atoms with Crippen molar-refractivity contribution < 1.29 is 4.52 Å². The van der Waals surface area contributed by atoms with Crippen LogP contribution in [0, 0.1) is 5.92 Å². The number of hydrogen-bond acceptors (Lipinski definition) is 7. The lowest BCUT2D eigenvalue weighted by Gasteiger charge is -2.00. The van der Waals surface area contributed by atoms with Crippen molar-refractivity contribution in [2.45, 2.75) is 32.6 Å². The summed E-state index contributed by atoms with van der Waals surface area (Å²) in [5.41, 5.74) is 6.50. The zero-order valence-corrected chi connectivity index (χ0v) is 12.9. The minimum Gasteiger partial charge on any atom is -0.332 e. The Morgan fingerprint density at radius 3 is 2.79 bits per heavy atom. The summed E-state index contributed by atoms with van der Waals surface area (Å²) in [6.45, 7) is 6.29. The van der Waals surface area contributed by atoms with Gasteiger partial charge in [0.2, 0.25) is 0 Å². The molecular formula is C12H18N4OS2. The smallest absolute Gasteiger partial charge is 0.277 e. The highest BCUT2D eigenvalue weighted by molar-refractivity contribution is 7.98. The predicted molar refractivity (Wildman–Crippen MR) is 79.0 cm³/mol. The minimum atomic E-state index is -0.0669. The highest BCUT2D eigenvalue weighted by Gasteiger charge is 2.14. The highest BCUT2D eigenvalue weighted by Crippen LogP contribution is 2.24. The van der Waals surface area contributed by atoms with Gasteiger partial charge in [-0.1, -0.05) is 19.0 Å². The van der Waals surface area contributed by atoms with Crippen LogP contribution in [0.5, 0.6) is 0 Å². The van der Waals surface area contributed by atoms with Gasteiger partial charge in [-0.05, 0) is 18.6 Å². The van der Waals surface area contributed by atoms with Gasteiger partial charge in [0.05, 0.1) is 11.8 Å². The Kier molecular flexibility index (Phi) is 4.95. The van der Waals surface area contributed by atoms with Gasteiger partial charge in [0, 0.05) is 5.38 Å². The molecule has 1 unspecified atom stereocenters. The van der Waals surface area contributed by atoms with Gasteiger partial charge in [0.25, 0.3) is 5.89 Å². The molecule has 1 atom stereocenters. The van der Waals surface area contributed by atoms with E-state index in [9.17, 15) is 0 Å². The number of aromatic nitrogens is 3. The summed E-state index contributed by atoms with van der Waals surface area (Å²) in [4.78, 5) is 8.75. The van der Waals surface area contributed by atoms with Gasteiger partial charge in [-0.3, -0.25) is 0 Å². The van der Waals surface area contributed by atoms with Crippen molar-refractivity contribution in [2.75, 3.05) is 5.75 Å². The topological polar surface area (TPSA) is 77.8 Å². The van der Waals surface area contributed by atoms with Crippen molar-refractivity contribution >= 4 is 23.1 Å². The quantitative estimate of drug-likeness (QED) is 0.883. The molecule has 0 aliphatic heterocycles. The van der Waals surface area contributed by atoms with Crippen LogP contribution in [0.4, 0.5) is 0 Å². The van der Waals surface area contributed by atoms with Crippen LogP contribution in [0.2, 0.25) is 0 Å². The average Bonchev–Trinajstić information content (AvgIpc) is 2.95. The molecule has 0 aromatic carbocycles. The summed E-state index contributed by atoms with van der Waals surface area (Å²) in [5, 5.41) is 6.75. The van der Waals surface area contributed by atoms with Crippen LogP contribution in [0.1, 0.15) is 37.6 Å². The lowest BCUT2D eigenvalue weighted by atomic mass is 10.3. The summed E-state index contributed by atoms with van der Waals surface area (Å²) >= 11 is 3.32. The molecule has 0 radical (unpaired) electrons. The first-order valence-electron chi connectivity index (χ1n) is 6.18. The van der Waals surface area contributed by atoms with Crippen LogP contribution in [0.25, 0.3) is 11.6 Å². The second-order valence-electron chi connectivity index (χ2n) is 4.78. The minimum absolute atomic E-state index is 0.0669. The largest absolute Gasteiger partial charge is 0.332 e. The SMILES string of the molecule is CC(C)CSCc1noc(-c2csc(C(C)N)n2)n1. The molecular weight excluding hydrogens is 280 g/mol. The number of hydrogen-bond donors (Lipinski definition) is 1. The molecule has 2 aromatic heterocycles. The molecule has 2 N–H and O–H groups in total.